The van der Waals surface area contributed by atoms with Gasteiger partial charge in [-0.1, -0.05) is 64.7 Å². The molecule has 0 radical (unpaired) electrons. The first kappa shape index (κ1) is 19.6. The summed E-state index contributed by atoms with van der Waals surface area (Å²) in [4.78, 5) is 8.40. The molecule has 2 fully saturated rings. The summed E-state index contributed by atoms with van der Waals surface area (Å²) < 4.78 is 5.85. The molecule has 146 valence electrons. The van der Waals surface area contributed by atoms with Crippen LogP contribution in [-0.2, 0) is 0 Å². The van der Waals surface area contributed by atoms with Crippen molar-refractivity contribution in [1.82, 2.24) is 9.97 Å². The van der Waals surface area contributed by atoms with E-state index in [4.69, 9.17) is 4.74 Å². The molecule has 3 heteroatoms. The van der Waals surface area contributed by atoms with Crippen molar-refractivity contribution in [2.75, 3.05) is 6.61 Å². The Morgan fingerprint density at radius 1 is 1.00 bits per heavy atom. The molecule has 2 aliphatic carbocycles. The molecule has 0 aliphatic heterocycles. The second-order valence-electron chi connectivity index (χ2n) is 8.70. The largest absolute Gasteiger partial charge is 0.463 e. The maximum Gasteiger partial charge on any atom is 0.316 e. The van der Waals surface area contributed by atoms with Crippen molar-refractivity contribution in [3.63, 3.8) is 0 Å². The Balaban J connectivity index is 1.61. The predicted molar refractivity (Wildman–Crippen MR) is 107 cm³/mol. The normalized spacial score (nSPS) is 25.7. The molecule has 1 aromatic rings. The van der Waals surface area contributed by atoms with Crippen LogP contribution in [0.25, 0.3) is 0 Å². The first-order chi connectivity index (χ1) is 12.8. The van der Waals surface area contributed by atoms with Gasteiger partial charge in [-0.25, -0.2) is 9.97 Å². The average Bonchev–Trinajstić information content (AvgIpc) is 2.70. The third-order valence-corrected chi connectivity index (χ3v) is 7.09. The van der Waals surface area contributed by atoms with Gasteiger partial charge < -0.3 is 4.74 Å². The molecule has 0 aromatic carbocycles. The minimum absolute atomic E-state index is 0.537. The number of aromatic nitrogens is 2. The molecule has 1 aromatic heterocycles. The van der Waals surface area contributed by atoms with Crippen LogP contribution >= 0.6 is 0 Å². The number of hydrogen-bond acceptors (Lipinski definition) is 3. The van der Waals surface area contributed by atoms with Gasteiger partial charge >= 0.3 is 6.01 Å². The molecule has 2 saturated carbocycles. The summed E-state index contributed by atoms with van der Waals surface area (Å²) in [5.41, 5.74) is 0.641. The molecule has 0 N–H and O–H groups in total. The van der Waals surface area contributed by atoms with Gasteiger partial charge in [0.1, 0.15) is 0 Å². The molecule has 0 unspecified atom stereocenters. The van der Waals surface area contributed by atoms with Crippen LogP contribution in [0, 0.1) is 17.3 Å². The quantitative estimate of drug-likeness (QED) is 0.467. The number of ether oxygens (including phenoxy) is 1. The summed E-state index contributed by atoms with van der Waals surface area (Å²) in [7, 11) is 0. The summed E-state index contributed by atoms with van der Waals surface area (Å²) in [5, 5.41) is 0. The van der Waals surface area contributed by atoms with Crippen molar-refractivity contribution >= 4 is 0 Å². The van der Waals surface area contributed by atoms with Gasteiger partial charge in [0.15, 0.2) is 0 Å². The van der Waals surface area contributed by atoms with E-state index in [1.54, 1.807) is 12.4 Å². The van der Waals surface area contributed by atoms with Crippen molar-refractivity contribution in [3.05, 3.63) is 18.5 Å². The molecule has 0 bridgehead atoms. The fourth-order valence-electron chi connectivity index (χ4n) is 5.81. The molecule has 1 heterocycles. The molecule has 2 atom stereocenters. The zero-order valence-corrected chi connectivity index (χ0v) is 16.8. The van der Waals surface area contributed by atoms with E-state index in [0.717, 1.165) is 18.4 Å². The van der Waals surface area contributed by atoms with E-state index in [2.05, 4.69) is 16.9 Å². The van der Waals surface area contributed by atoms with Crippen LogP contribution in [0.1, 0.15) is 96.8 Å². The van der Waals surface area contributed by atoms with Gasteiger partial charge in [0.25, 0.3) is 0 Å². The smallest absolute Gasteiger partial charge is 0.316 e. The van der Waals surface area contributed by atoms with E-state index in [9.17, 15) is 0 Å². The molecule has 0 spiro atoms. The van der Waals surface area contributed by atoms with E-state index >= 15 is 0 Å². The Morgan fingerprint density at radius 3 is 2.54 bits per heavy atom. The number of unbranched alkanes of at least 4 members (excludes halogenated alkanes) is 2. The topological polar surface area (TPSA) is 35.0 Å². The lowest BCUT2D eigenvalue weighted by Gasteiger charge is -2.49. The fraction of sp³-hybridized carbons (Fsp3) is 0.826. The van der Waals surface area contributed by atoms with Gasteiger partial charge in [0, 0.05) is 12.4 Å². The molecule has 0 amide bonds. The minimum atomic E-state index is 0.537. The van der Waals surface area contributed by atoms with Gasteiger partial charge in [-0.3, -0.25) is 0 Å². The summed E-state index contributed by atoms with van der Waals surface area (Å²) >= 11 is 0. The lowest BCUT2D eigenvalue weighted by Crippen LogP contribution is -2.39. The Labute approximate surface area is 160 Å². The van der Waals surface area contributed by atoms with Crippen LogP contribution in [0.4, 0.5) is 0 Å². The van der Waals surface area contributed by atoms with Crippen LogP contribution in [0.2, 0.25) is 0 Å². The van der Waals surface area contributed by atoms with Crippen LogP contribution < -0.4 is 4.74 Å². The van der Waals surface area contributed by atoms with Gasteiger partial charge in [-0.05, 0) is 55.4 Å². The van der Waals surface area contributed by atoms with Crippen LogP contribution in [-0.4, -0.2) is 16.6 Å². The van der Waals surface area contributed by atoms with Gasteiger partial charge in [-0.2, -0.15) is 0 Å². The van der Waals surface area contributed by atoms with Crippen molar-refractivity contribution in [3.8, 4) is 6.01 Å². The highest BCUT2D eigenvalue weighted by Gasteiger charge is 2.43. The van der Waals surface area contributed by atoms with Crippen LogP contribution in [0.3, 0.4) is 0 Å². The fourth-order valence-corrected chi connectivity index (χ4v) is 5.81. The highest BCUT2D eigenvalue weighted by Crippen LogP contribution is 2.54. The number of hydrogen-bond donors (Lipinski definition) is 0. The average molecular weight is 359 g/mol. The Kier molecular flexibility index (Phi) is 7.76. The zero-order chi connectivity index (χ0) is 18.1. The molecular weight excluding hydrogens is 320 g/mol. The van der Waals surface area contributed by atoms with Crippen LogP contribution in [0.5, 0.6) is 6.01 Å². The van der Waals surface area contributed by atoms with E-state index in [1.807, 2.05) is 6.07 Å². The number of rotatable bonds is 9. The first-order valence-corrected chi connectivity index (χ1v) is 11.2. The lowest BCUT2D eigenvalue weighted by molar-refractivity contribution is 0.00755. The summed E-state index contributed by atoms with van der Waals surface area (Å²) in [6.07, 6.45) is 23.4. The van der Waals surface area contributed by atoms with Gasteiger partial charge in [-0.15, -0.1) is 0 Å². The second-order valence-corrected chi connectivity index (χ2v) is 8.70. The van der Waals surface area contributed by atoms with Crippen molar-refractivity contribution in [2.24, 2.45) is 17.3 Å². The number of nitrogens with zero attached hydrogens (tertiary/aromatic N) is 2. The summed E-state index contributed by atoms with van der Waals surface area (Å²) in [5.74, 6) is 1.76. The van der Waals surface area contributed by atoms with E-state index in [0.29, 0.717) is 11.4 Å². The second kappa shape index (κ2) is 10.3. The standard InChI is InChI=1S/C23H38N2O/c1-2-3-7-14-23(15-8-4-9-16-23)21-12-6-5-11-20(21)13-19-26-22-24-17-10-18-25-22/h10,17-18,20-21H,2-9,11-16,19H2,1H3/t20-,21+/m1/s1. The predicted octanol–water partition coefficient (Wildman–Crippen LogP) is 6.58. The Morgan fingerprint density at radius 2 is 1.77 bits per heavy atom. The highest BCUT2D eigenvalue weighted by atomic mass is 16.5. The molecule has 0 saturated heterocycles. The Hall–Kier alpha value is -1.12. The molecule has 3 rings (SSSR count). The molecule has 3 nitrogen and oxygen atoms in total. The Bertz CT molecular complexity index is 498. The summed E-state index contributed by atoms with van der Waals surface area (Å²) in [6, 6.07) is 2.38. The van der Waals surface area contributed by atoms with Crippen molar-refractivity contribution < 1.29 is 4.74 Å². The van der Waals surface area contributed by atoms with E-state index in [-0.39, 0.29) is 0 Å². The molecule has 26 heavy (non-hydrogen) atoms. The third-order valence-electron chi connectivity index (χ3n) is 7.09. The van der Waals surface area contributed by atoms with Crippen molar-refractivity contribution in [1.29, 1.82) is 0 Å². The molecule has 2 aliphatic rings. The first-order valence-electron chi connectivity index (χ1n) is 11.2. The van der Waals surface area contributed by atoms with E-state index < -0.39 is 0 Å². The van der Waals surface area contributed by atoms with Gasteiger partial charge in [0.2, 0.25) is 0 Å². The monoisotopic (exact) mass is 358 g/mol. The van der Waals surface area contributed by atoms with Crippen LogP contribution in [0.15, 0.2) is 18.5 Å². The molecular formula is C23H38N2O. The van der Waals surface area contributed by atoms with Crippen molar-refractivity contribution in [2.45, 2.75) is 96.8 Å². The maximum atomic E-state index is 5.85. The third kappa shape index (κ3) is 5.20. The van der Waals surface area contributed by atoms with E-state index in [1.165, 1.54) is 89.9 Å². The maximum absolute atomic E-state index is 5.85. The highest BCUT2D eigenvalue weighted by molar-refractivity contribution is 4.95. The summed E-state index contributed by atoms with van der Waals surface area (Å²) in [6.45, 7) is 3.11. The van der Waals surface area contributed by atoms with Gasteiger partial charge in [0.05, 0.1) is 6.61 Å². The zero-order valence-electron chi connectivity index (χ0n) is 16.8. The SMILES string of the molecule is CCCCCC1([C@H]2CCCC[C@@H]2CCOc2ncccn2)CCCCC1. The lowest BCUT2D eigenvalue weighted by atomic mass is 9.56. The minimum Gasteiger partial charge on any atom is -0.463 e.